The van der Waals surface area contributed by atoms with Gasteiger partial charge in [-0.1, -0.05) is 37.3 Å². The number of hydrogen-bond acceptors (Lipinski definition) is 3. The SMILES string of the molecule is C[C@H]1CN(C=O)c2ccc(C(F)(F)F)cc2-n2c(-c3ccccc3)nnc21. The van der Waals surface area contributed by atoms with Crippen LogP contribution in [0.15, 0.2) is 48.5 Å². The Kier molecular flexibility index (Phi) is 3.98. The summed E-state index contributed by atoms with van der Waals surface area (Å²) in [4.78, 5) is 13.0. The minimum Gasteiger partial charge on any atom is -0.312 e. The highest BCUT2D eigenvalue weighted by atomic mass is 19.4. The van der Waals surface area contributed by atoms with Gasteiger partial charge in [-0.15, -0.1) is 10.2 Å². The first-order valence-corrected chi connectivity index (χ1v) is 8.34. The second-order valence-corrected chi connectivity index (χ2v) is 6.44. The molecule has 3 aromatic rings. The lowest BCUT2D eigenvalue weighted by atomic mass is 10.1. The summed E-state index contributed by atoms with van der Waals surface area (Å²) < 4.78 is 41.6. The number of halogens is 3. The van der Waals surface area contributed by atoms with E-state index in [9.17, 15) is 18.0 Å². The van der Waals surface area contributed by atoms with Gasteiger partial charge >= 0.3 is 6.18 Å². The molecule has 0 unspecified atom stereocenters. The van der Waals surface area contributed by atoms with Crippen LogP contribution < -0.4 is 4.90 Å². The van der Waals surface area contributed by atoms with Crippen molar-refractivity contribution in [3.63, 3.8) is 0 Å². The van der Waals surface area contributed by atoms with Crippen molar-refractivity contribution in [2.45, 2.75) is 19.0 Å². The Morgan fingerprint density at radius 2 is 1.81 bits per heavy atom. The molecule has 0 fully saturated rings. The molecule has 27 heavy (non-hydrogen) atoms. The Morgan fingerprint density at radius 3 is 2.48 bits per heavy atom. The summed E-state index contributed by atoms with van der Waals surface area (Å²) in [6.45, 7) is 2.16. The molecule has 138 valence electrons. The van der Waals surface area contributed by atoms with Crippen molar-refractivity contribution in [1.82, 2.24) is 14.8 Å². The molecule has 2 heterocycles. The molecule has 0 bridgehead atoms. The molecular formula is C19H15F3N4O. The number of alkyl halides is 3. The smallest absolute Gasteiger partial charge is 0.312 e. The number of amides is 1. The lowest BCUT2D eigenvalue weighted by Crippen LogP contribution is -2.25. The molecule has 1 amide bonds. The van der Waals surface area contributed by atoms with E-state index in [4.69, 9.17) is 0 Å². The molecule has 0 saturated carbocycles. The van der Waals surface area contributed by atoms with E-state index in [-0.39, 0.29) is 11.6 Å². The Hall–Kier alpha value is -3.16. The Bertz CT molecular complexity index is 998. The third-order valence-corrected chi connectivity index (χ3v) is 4.61. The van der Waals surface area contributed by atoms with Crippen molar-refractivity contribution in [1.29, 1.82) is 0 Å². The monoisotopic (exact) mass is 372 g/mol. The molecule has 0 N–H and O–H groups in total. The van der Waals surface area contributed by atoms with Crippen LogP contribution in [0.2, 0.25) is 0 Å². The average molecular weight is 372 g/mol. The van der Waals surface area contributed by atoms with Gasteiger partial charge in [0, 0.05) is 18.0 Å². The number of hydrogen-bond donors (Lipinski definition) is 0. The van der Waals surface area contributed by atoms with E-state index >= 15 is 0 Å². The molecule has 1 aliphatic heterocycles. The van der Waals surface area contributed by atoms with Gasteiger partial charge in [-0.3, -0.25) is 9.36 Å². The predicted molar refractivity (Wildman–Crippen MR) is 93.6 cm³/mol. The van der Waals surface area contributed by atoms with E-state index in [1.54, 1.807) is 4.57 Å². The fraction of sp³-hybridized carbons (Fsp3) is 0.211. The number of rotatable bonds is 2. The third kappa shape index (κ3) is 2.87. The Labute approximate surface area is 153 Å². The van der Waals surface area contributed by atoms with Crippen molar-refractivity contribution in [2.75, 3.05) is 11.4 Å². The molecule has 0 aliphatic carbocycles. The maximum Gasteiger partial charge on any atom is 0.416 e. The molecule has 5 nitrogen and oxygen atoms in total. The normalized spacial score (nSPS) is 16.4. The first kappa shape index (κ1) is 17.3. The van der Waals surface area contributed by atoms with Crippen LogP contribution in [0.4, 0.5) is 18.9 Å². The quantitative estimate of drug-likeness (QED) is 0.638. The molecule has 1 aromatic heterocycles. The Morgan fingerprint density at radius 1 is 1.07 bits per heavy atom. The number of carbonyl (C=O) groups is 1. The van der Waals surface area contributed by atoms with Crippen molar-refractivity contribution in [2.24, 2.45) is 0 Å². The number of anilines is 1. The zero-order chi connectivity index (χ0) is 19.2. The van der Waals surface area contributed by atoms with Gasteiger partial charge in [0.15, 0.2) is 5.82 Å². The lowest BCUT2D eigenvalue weighted by molar-refractivity contribution is -0.137. The minimum absolute atomic E-state index is 0.207. The number of carbonyl (C=O) groups excluding carboxylic acids is 1. The highest BCUT2D eigenvalue weighted by Crippen LogP contribution is 2.39. The summed E-state index contributed by atoms with van der Waals surface area (Å²) in [5.41, 5.74) is 0.562. The lowest BCUT2D eigenvalue weighted by Gasteiger charge is -2.20. The van der Waals surface area contributed by atoms with Crippen molar-refractivity contribution in [3.05, 3.63) is 59.9 Å². The van der Waals surface area contributed by atoms with Gasteiger partial charge in [-0.25, -0.2) is 0 Å². The van der Waals surface area contributed by atoms with Gasteiger partial charge in [0.2, 0.25) is 6.41 Å². The van der Waals surface area contributed by atoms with E-state index in [0.717, 1.165) is 17.7 Å². The standard InChI is InChI=1S/C19H15F3N4O/c1-12-10-25(11-27)15-8-7-14(19(20,21)22)9-16(15)26-17(12)23-24-18(26)13-5-3-2-4-6-13/h2-9,11-12H,10H2,1H3/t12-/m0/s1. The molecule has 2 aromatic carbocycles. The maximum atomic E-state index is 13.3. The molecule has 8 heteroatoms. The molecule has 1 atom stereocenters. The zero-order valence-electron chi connectivity index (χ0n) is 14.3. The van der Waals surface area contributed by atoms with Crippen molar-refractivity contribution >= 4 is 12.1 Å². The molecule has 0 spiro atoms. The van der Waals surface area contributed by atoms with Gasteiger partial charge < -0.3 is 4.90 Å². The highest BCUT2D eigenvalue weighted by Gasteiger charge is 2.34. The van der Waals surface area contributed by atoms with Crippen LogP contribution in [0.5, 0.6) is 0 Å². The largest absolute Gasteiger partial charge is 0.416 e. The minimum atomic E-state index is -4.50. The zero-order valence-corrected chi connectivity index (χ0v) is 14.3. The van der Waals surface area contributed by atoms with Crippen LogP contribution in [-0.2, 0) is 11.0 Å². The third-order valence-electron chi connectivity index (χ3n) is 4.61. The van der Waals surface area contributed by atoms with Crippen LogP contribution >= 0.6 is 0 Å². The summed E-state index contributed by atoms with van der Waals surface area (Å²) in [5.74, 6) is 0.742. The number of nitrogens with zero attached hydrogens (tertiary/aromatic N) is 4. The second kappa shape index (κ2) is 6.22. The predicted octanol–water partition coefficient (Wildman–Crippen LogP) is 4.03. The molecule has 1 aliphatic rings. The van der Waals surface area contributed by atoms with E-state index in [1.165, 1.54) is 11.0 Å². The van der Waals surface area contributed by atoms with Crippen LogP contribution in [0, 0.1) is 0 Å². The summed E-state index contributed by atoms with van der Waals surface area (Å²) in [6, 6.07) is 12.5. The van der Waals surface area contributed by atoms with Crippen molar-refractivity contribution in [3.8, 4) is 17.1 Å². The fourth-order valence-corrected chi connectivity index (χ4v) is 3.32. The summed E-state index contributed by atoms with van der Waals surface area (Å²) in [6.07, 6.45) is -3.87. The number of aromatic nitrogens is 3. The van der Waals surface area contributed by atoms with Gasteiger partial charge in [0.1, 0.15) is 5.82 Å². The van der Waals surface area contributed by atoms with Gasteiger partial charge in [0.25, 0.3) is 0 Å². The highest BCUT2D eigenvalue weighted by molar-refractivity contribution is 5.82. The first-order valence-electron chi connectivity index (χ1n) is 8.34. The summed E-state index contributed by atoms with van der Waals surface area (Å²) >= 11 is 0. The van der Waals surface area contributed by atoms with Crippen LogP contribution in [0.25, 0.3) is 17.1 Å². The second-order valence-electron chi connectivity index (χ2n) is 6.44. The fourth-order valence-electron chi connectivity index (χ4n) is 3.32. The van der Waals surface area contributed by atoms with Gasteiger partial charge in [-0.2, -0.15) is 13.2 Å². The van der Waals surface area contributed by atoms with E-state index < -0.39 is 11.7 Å². The number of fused-ring (bicyclic) bond motifs is 3. The molecule has 0 radical (unpaired) electrons. The summed E-state index contributed by atoms with van der Waals surface area (Å²) in [5, 5.41) is 8.45. The Balaban J connectivity index is 2.03. The molecular weight excluding hydrogens is 357 g/mol. The van der Waals surface area contributed by atoms with Crippen molar-refractivity contribution < 1.29 is 18.0 Å². The first-order chi connectivity index (χ1) is 12.9. The maximum absolute atomic E-state index is 13.3. The van der Waals surface area contributed by atoms with Gasteiger partial charge in [-0.05, 0) is 18.2 Å². The summed E-state index contributed by atoms with van der Waals surface area (Å²) in [7, 11) is 0. The topological polar surface area (TPSA) is 51.0 Å². The van der Waals surface area contributed by atoms with Crippen LogP contribution in [-0.4, -0.2) is 27.7 Å². The molecule has 4 rings (SSSR count). The van der Waals surface area contributed by atoms with E-state index in [0.29, 0.717) is 30.3 Å². The van der Waals surface area contributed by atoms with Gasteiger partial charge in [0.05, 0.1) is 16.9 Å². The van der Waals surface area contributed by atoms with E-state index in [2.05, 4.69) is 10.2 Å². The number of benzene rings is 2. The average Bonchev–Trinajstić information content (AvgIpc) is 3.06. The van der Waals surface area contributed by atoms with Crippen LogP contribution in [0.3, 0.4) is 0 Å². The van der Waals surface area contributed by atoms with Crippen LogP contribution in [0.1, 0.15) is 24.2 Å². The van der Waals surface area contributed by atoms with E-state index in [1.807, 2.05) is 37.3 Å². The molecule has 0 saturated heterocycles.